The maximum atomic E-state index is 13.4. The molecule has 7 rings (SSSR count). The quantitative estimate of drug-likeness (QED) is 0.456. The monoisotopic (exact) mass is 507 g/mol. The van der Waals surface area contributed by atoms with Crippen molar-refractivity contribution >= 4 is 11.6 Å². The highest BCUT2D eigenvalue weighted by atomic mass is 16.3. The molecule has 5 fully saturated rings. The van der Waals surface area contributed by atoms with Gasteiger partial charge in [-0.3, -0.25) is 19.0 Å². The molecule has 0 radical (unpaired) electrons. The lowest BCUT2D eigenvalue weighted by Gasteiger charge is -2.49. The molecule has 1 spiro atoms. The third kappa shape index (κ3) is 3.94. The van der Waals surface area contributed by atoms with Crippen LogP contribution in [0, 0.1) is 28.6 Å². The molecule has 1 aliphatic heterocycles. The molecule has 2 aromatic rings. The lowest BCUT2D eigenvalue weighted by atomic mass is 9.55. The Bertz CT molecular complexity index is 1170. The maximum absolute atomic E-state index is 13.4. The van der Waals surface area contributed by atoms with Gasteiger partial charge in [0.2, 0.25) is 0 Å². The van der Waals surface area contributed by atoms with E-state index in [4.69, 9.17) is 4.98 Å². The molecule has 37 heavy (non-hydrogen) atoms. The first-order chi connectivity index (χ1) is 18.0. The minimum Gasteiger partial charge on any atom is -0.395 e. The number of likely N-dealkylation sites (tertiary alicyclic amines) is 1. The van der Waals surface area contributed by atoms with E-state index in [-0.39, 0.29) is 19.1 Å². The maximum Gasteiger partial charge on any atom is 0.268 e. The molecule has 8 heteroatoms. The van der Waals surface area contributed by atoms with E-state index in [0.29, 0.717) is 35.7 Å². The average Bonchev–Trinajstić information content (AvgIpc) is 3.60. The van der Waals surface area contributed by atoms with Crippen LogP contribution in [-0.2, 0) is 6.54 Å². The van der Waals surface area contributed by atoms with Crippen molar-refractivity contribution in [3.05, 3.63) is 35.8 Å². The second-order valence-electron chi connectivity index (χ2n) is 13.0. The molecule has 6 atom stereocenters. The van der Waals surface area contributed by atoms with Crippen LogP contribution in [0.5, 0.6) is 0 Å². The van der Waals surface area contributed by atoms with Crippen molar-refractivity contribution in [1.82, 2.24) is 24.5 Å². The van der Waals surface area contributed by atoms with Gasteiger partial charge in [0.25, 0.3) is 5.91 Å². The Morgan fingerprint density at radius 3 is 2.84 bits per heavy atom. The van der Waals surface area contributed by atoms with Crippen LogP contribution < -0.4 is 5.32 Å². The van der Waals surface area contributed by atoms with E-state index in [1.54, 1.807) is 0 Å². The van der Waals surface area contributed by atoms with Crippen LogP contribution in [0.25, 0.3) is 5.65 Å². The highest BCUT2D eigenvalue weighted by Gasteiger charge is 2.70. The summed E-state index contributed by atoms with van der Waals surface area (Å²) in [6.07, 6.45) is 11.4. The highest BCUT2D eigenvalue weighted by Crippen LogP contribution is 2.78. The number of carbonyl (C=O) groups is 1. The van der Waals surface area contributed by atoms with Crippen LogP contribution in [0.2, 0.25) is 0 Å². The third-order valence-electron chi connectivity index (χ3n) is 10.9. The van der Waals surface area contributed by atoms with Gasteiger partial charge < -0.3 is 15.5 Å². The van der Waals surface area contributed by atoms with Gasteiger partial charge in [0, 0.05) is 51.5 Å². The van der Waals surface area contributed by atoms with Crippen molar-refractivity contribution in [2.75, 3.05) is 45.9 Å². The summed E-state index contributed by atoms with van der Waals surface area (Å²) in [6, 6.07) is 6.17. The molecule has 1 saturated heterocycles. The van der Waals surface area contributed by atoms with Crippen molar-refractivity contribution in [2.24, 2.45) is 28.6 Å². The van der Waals surface area contributed by atoms with Crippen molar-refractivity contribution in [3.8, 4) is 0 Å². The van der Waals surface area contributed by atoms with Crippen LogP contribution in [0.15, 0.2) is 24.4 Å². The highest BCUT2D eigenvalue weighted by molar-refractivity contribution is 5.93. The molecule has 200 valence electrons. The predicted octanol–water partition coefficient (Wildman–Crippen LogP) is 2.14. The number of rotatable bonds is 10. The largest absolute Gasteiger partial charge is 0.395 e. The molecule has 3 heterocycles. The lowest BCUT2D eigenvalue weighted by molar-refractivity contribution is -0.00254. The molecule has 4 saturated carbocycles. The predicted molar refractivity (Wildman–Crippen MR) is 140 cm³/mol. The second-order valence-corrected chi connectivity index (χ2v) is 13.0. The van der Waals surface area contributed by atoms with E-state index in [1.807, 2.05) is 28.8 Å². The van der Waals surface area contributed by atoms with E-state index >= 15 is 0 Å². The Morgan fingerprint density at radius 1 is 1.14 bits per heavy atom. The number of aliphatic hydroxyl groups excluding tert-OH is 2. The Hall–Kier alpha value is -2.00. The minimum atomic E-state index is 0.0139. The fourth-order valence-electron chi connectivity index (χ4n) is 9.64. The zero-order valence-corrected chi connectivity index (χ0v) is 21.8. The van der Waals surface area contributed by atoms with Gasteiger partial charge in [-0.05, 0) is 85.7 Å². The summed E-state index contributed by atoms with van der Waals surface area (Å²) in [6.45, 7) is 4.82. The molecular weight excluding hydrogens is 466 g/mol. The fraction of sp³-hybridized carbons (Fsp3) is 0.724. The van der Waals surface area contributed by atoms with E-state index in [0.717, 1.165) is 61.7 Å². The summed E-state index contributed by atoms with van der Waals surface area (Å²) in [5.41, 5.74) is 3.43. The standard InChI is InChI=1S/C29H41N5O3/c35-8-6-33(7-9-36)24-4-5-32(17-24)15-23-16-34-25(2-1-3-26(34)31-23)27(37)30-19-28-12-20-10-21-11-22(14-28)29(21,13-20)18-28/h1-3,16,20-22,24,35-36H,4-15,17-19H2,(H,30,37)/t20?,21?,22?,24-,28?,29?/m1/s1. The number of amides is 1. The number of pyridine rings is 1. The smallest absolute Gasteiger partial charge is 0.268 e. The van der Waals surface area contributed by atoms with Crippen LogP contribution >= 0.6 is 0 Å². The van der Waals surface area contributed by atoms with Gasteiger partial charge in [-0.2, -0.15) is 0 Å². The zero-order chi connectivity index (χ0) is 25.2. The molecule has 0 aromatic carbocycles. The molecule has 4 aliphatic carbocycles. The van der Waals surface area contributed by atoms with Crippen LogP contribution in [-0.4, -0.2) is 87.3 Å². The molecule has 3 bridgehead atoms. The first-order valence-electron chi connectivity index (χ1n) is 14.4. The second kappa shape index (κ2) is 9.04. The minimum absolute atomic E-state index is 0.0139. The molecule has 8 nitrogen and oxygen atoms in total. The fourth-order valence-corrected chi connectivity index (χ4v) is 9.64. The van der Waals surface area contributed by atoms with Crippen molar-refractivity contribution < 1.29 is 15.0 Å². The Morgan fingerprint density at radius 2 is 2.00 bits per heavy atom. The average molecular weight is 508 g/mol. The van der Waals surface area contributed by atoms with Gasteiger partial charge in [0.1, 0.15) is 11.3 Å². The number of nitrogens with one attached hydrogen (secondary N) is 1. The molecule has 2 aromatic heterocycles. The van der Waals surface area contributed by atoms with E-state index in [1.165, 1.54) is 38.5 Å². The summed E-state index contributed by atoms with van der Waals surface area (Å²) < 4.78 is 1.96. The zero-order valence-electron chi connectivity index (χ0n) is 21.8. The number of imidazole rings is 1. The van der Waals surface area contributed by atoms with Crippen molar-refractivity contribution in [2.45, 2.75) is 57.5 Å². The molecular formula is C29H41N5O3. The molecule has 5 unspecified atom stereocenters. The number of aromatic nitrogens is 2. The van der Waals surface area contributed by atoms with Crippen molar-refractivity contribution in [3.63, 3.8) is 0 Å². The number of nitrogens with zero attached hydrogens (tertiary/aromatic N) is 4. The topological polar surface area (TPSA) is 93.3 Å². The molecule has 5 aliphatic rings. The van der Waals surface area contributed by atoms with Gasteiger partial charge in [-0.15, -0.1) is 0 Å². The SMILES string of the molecule is O=C(NCC12CC3CC4CC(C1)C4(C3)C2)c1cccc2nc(CN3CC[C@@H](N(CCO)CCO)C3)cn12. The molecule has 3 N–H and O–H groups in total. The number of aliphatic hydroxyl groups is 2. The van der Waals surface area contributed by atoms with Gasteiger partial charge in [0.05, 0.1) is 18.9 Å². The first kappa shape index (κ1) is 24.1. The normalized spacial score (nSPS) is 36.0. The Kier molecular flexibility index (Phi) is 5.88. The number of hydrogen-bond donors (Lipinski definition) is 3. The summed E-state index contributed by atoms with van der Waals surface area (Å²) in [7, 11) is 0. The van der Waals surface area contributed by atoms with Crippen LogP contribution in [0.3, 0.4) is 0 Å². The van der Waals surface area contributed by atoms with E-state index in [9.17, 15) is 15.0 Å². The number of fused-ring (bicyclic) bond motifs is 3. The van der Waals surface area contributed by atoms with E-state index < -0.39 is 0 Å². The van der Waals surface area contributed by atoms with E-state index in [2.05, 4.69) is 15.1 Å². The summed E-state index contributed by atoms with van der Waals surface area (Å²) in [5, 5.41) is 22.1. The molecule has 1 amide bonds. The van der Waals surface area contributed by atoms with Gasteiger partial charge in [-0.25, -0.2) is 4.98 Å². The van der Waals surface area contributed by atoms with Crippen molar-refractivity contribution in [1.29, 1.82) is 0 Å². The summed E-state index contributed by atoms with van der Waals surface area (Å²) >= 11 is 0. The van der Waals surface area contributed by atoms with Gasteiger partial charge in [0.15, 0.2) is 0 Å². The number of hydrogen-bond acceptors (Lipinski definition) is 6. The summed E-state index contributed by atoms with van der Waals surface area (Å²) in [4.78, 5) is 22.8. The summed E-state index contributed by atoms with van der Waals surface area (Å²) in [5.74, 6) is 2.82. The van der Waals surface area contributed by atoms with Crippen LogP contribution in [0.4, 0.5) is 0 Å². The number of carbonyl (C=O) groups excluding carboxylic acids is 1. The lowest BCUT2D eigenvalue weighted by Crippen LogP contribution is -2.43. The first-order valence-corrected chi connectivity index (χ1v) is 14.4. The third-order valence-corrected chi connectivity index (χ3v) is 10.9. The van der Waals surface area contributed by atoms with Crippen LogP contribution in [0.1, 0.15) is 61.1 Å². The van der Waals surface area contributed by atoms with Gasteiger partial charge in [-0.1, -0.05) is 6.07 Å². The van der Waals surface area contributed by atoms with Gasteiger partial charge >= 0.3 is 0 Å². The Balaban J connectivity index is 1.01. The Labute approximate surface area is 219 Å².